The Morgan fingerprint density at radius 2 is 2.05 bits per heavy atom. The van der Waals surface area contributed by atoms with Crippen LogP contribution in [0.3, 0.4) is 0 Å². The Hall–Kier alpha value is -1.50. The Bertz CT molecular complexity index is 553. The molecule has 0 amide bonds. The van der Waals surface area contributed by atoms with Gasteiger partial charge < -0.3 is 9.47 Å². The molecule has 0 aromatic carbocycles. The van der Waals surface area contributed by atoms with Gasteiger partial charge in [0.05, 0.1) is 24.7 Å². The van der Waals surface area contributed by atoms with E-state index in [-0.39, 0.29) is 18.0 Å². The summed E-state index contributed by atoms with van der Waals surface area (Å²) in [5, 5.41) is 0. The summed E-state index contributed by atoms with van der Waals surface area (Å²) in [6, 6.07) is 1.54. The number of pyridine rings is 1. The lowest BCUT2D eigenvalue weighted by atomic mass is 10.3. The van der Waals surface area contributed by atoms with Crippen LogP contribution in [-0.4, -0.2) is 31.9 Å². The zero-order chi connectivity index (χ0) is 14.0. The first-order valence-corrected chi connectivity index (χ1v) is 8.04. The normalized spacial score (nSPS) is 15.4. The van der Waals surface area contributed by atoms with Gasteiger partial charge in [-0.25, -0.2) is 13.4 Å². The topological polar surface area (TPSA) is 77.5 Å². The third-order valence-corrected chi connectivity index (χ3v) is 2.88. The van der Waals surface area contributed by atoms with E-state index in [0.717, 1.165) is 19.1 Å². The highest BCUT2D eigenvalue weighted by molar-refractivity contribution is 7.92. The number of anilines is 1. The standard InChI is InChI=1S/C12H18N2O4S/c1-8(2)17-10-6-12(14-19(3,15)16)13-7-11(10)18-9-4-5-9/h6-9H,4-5H2,1-3H3,(H,13,14). The van der Waals surface area contributed by atoms with E-state index in [2.05, 4.69) is 9.71 Å². The molecule has 19 heavy (non-hydrogen) atoms. The third kappa shape index (κ3) is 4.59. The van der Waals surface area contributed by atoms with E-state index >= 15 is 0 Å². The van der Waals surface area contributed by atoms with Crippen molar-refractivity contribution in [1.82, 2.24) is 4.98 Å². The van der Waals surface area contributed by atoms with Gasteiger partial charge in [0.15, 0.2) is 11.5 Å². The van der Waals surface area contributed by atoms with Crippen LogP contribution in [0.4, 0.5) is 5.82 Å². The lowest BCUT2D eigenvalue weighted by molar-refractivity contribution is 0.217. The summed E-state index contributed by atoms with van der Waals surface area (Å²) >= 11 is 0. The second-order valence-electron chi connectivity index (χ2n) is 4.87. The lowest BCUT2D eigenvalue weighted by Gasteiger charge is -2.15. The van der Waals surface area contributed by atoms with Gasteiger partial charge in [0.25, 0.3) is 0 Å². The smallest absolute Gasteiger partial charge is 0.230 e. The number of ether oxygens (including phenoxy) is 2. The van der Waals surface area contributed by atoms with Crippen molar-refractivity contribution >= 4 is 15.8 Å². The molecule has 7 heteroatoms. The first-order valence-electron chi connectivity index (χ1n) is 6.14. The second-order valence-corrected chi connectivity index (χ2v) is 6.62. The van der Waals surface area contributed by atoms with Crippen LogP contribution in [0.25, 0.3) is 0 Å². The fraction of sp³-hybridized carbons (Fsp3) is 0.583. The molecule has 1 fully saturated rings. The summed E-state index contributed by atoms with van der Waals surface area (Å²) in [5.41, 5.74) is 0. The highest BCUT2D eigenvalue weighted by Crippen LogP contribution is 2.35. The van der Waals surface area contributed by atoms with Gasteiger partial charge in [0, 0.05) is 6.07 Å². The average Bonchev–Trinajstić information content (AvgIpc) is 3.02. The molecule has 1 aromatic heterocycles. The van der Waals surface area contributed by atoms with E-state index < -0.39 is 10.0 Å². The Morgan fingerprint density at radius 1 is 1.37 bits per heavy atom. The molecule has 0 spiro atoms. The average molecular weight is 286 g/mol. The Kier molecular flexibility index (Phi) is 3.84. The fourth-order valence-corrected chi connectivity index (χ4v) is 1.96. The molecule has 1 N–H and O–H groups in total. The molecule has 1 saturated carbocycles. The van der Waals surface area contributed by atoms with Crippen molar-refractivity contribution in [1.29, 1.82) is 0 Å². The van der Waals surface area contributed by atoms with Gasteiger partial charge in [-0.1, -0.05) is 0 Å². The molecule has 1 aromatic rings. The highest BCUT2D eigenvalue weighted by Gasteiger charge is 2.25. The van der Waals surface area contributed by atoms with E-state index in [1.807, 2.05) is 13.8 Å². The van der Waals surface area contributed by atoms with Crippen molar-refractivity contribution in [3.8, 4) is 11.5 Å². The molecule has 0 unspecified atom stereocenters. The van der Waals surface area contributed by atoms with Crippen molar-refractivity contribution in [3.63, 3.8) is 0 Å². The molecule has 0 aliphatic heterocycles. The molecule has 2 rings (SSSR count). The first-order chi connectivity index (χ1) is 8.83. The van der Waals surface area contributed by atoms with E-state index in [0.29, 0.717) is 11.5 Å². The minimum absolute atomic E-state index is 0.0324. The zero-order valence-electron chi connectivity index (χ0n) is 11.2. The van der Waals surface area contributed by atoms with Gasteiger partial charge in [-0.15, -0.1) is 0 Å². The predicted molar refractivity (Wildman–Crippen MR) is 72.1 cm³/mol. The molecule has 0 saturated heterocycles. The largest absolute Gasteiger partial charge is 0.487 e. The predicted octanol–water partition coefficient (Wildman–Crippen LogP) is 1.78. The van der Waals surface area contributed by atoms with Crippen LogP contribution in [0.5, 0.6) is 11.5 Å². The molecular formula is C12H18N2O4S. The number of sulfonamides is 1. The van der Waals surface area contributed by atoms with Crippen molar-refractivity contribution in [2.75, 3.05) is 11.0 Å². The van der Waals surface area contributed by atoms with Crippen LogP contribution in [0.1, 0.15) is 26.7 Å². The number of nitrogens with one attached hydrogen (secondary N) is 1. The number of rotatable bonds is 6. The van der Waals surface area contributed by atoms with Gasteiger partial charge in [-0.05, 0) is 26.7 Å². The van der Waals surface area contributed by atoms with Crippen LogP contribution in [0, 0.1) is 0 Å². The quantitative estimate of drug-likeness (QED) is 0.862. The van der Waals surface area contributed by atoms with Gasteiger partial charge in [-0.3, -0.25) is 4.72 Å². The summed E-state index contributed by atoms with van der Waals surface area (Å²) in [6.07, 6.45) is 4.82. The third-order valence-electron chi connectivity index (χ3n) is 2.30. The summed E-state index contributed by atoms with van der Waals surface area (Å²) in [6.45, 7) is 3.79. The Balaban J connectivity index is 2.23. The monoisotopic (exact) mass is 286 g/mol. The number of hydrogen-bond acceptors (Lipinski definition) is 5. The second kappa shape index (κ2) is 5.24. The van der Waals surface area contributed by atoms with E-state index in [9.17, 15) is 8.42 Å². The number of hydrogen-bond donors (Lipinski definition) is 1. The molecular weight excluding hydrogens is 268 g/mol. The minimum Gasteiger partial charge on any atom is -0.487 e. The molecule has 106 valence electrons. The fourth-order valence-electron chi connectivity index (χ4n) is 1.47. The SMILES string of the molecule is CC(C)Oc1cc(NS(C)(=O)=O)ncc1OC1CC1. The highest BCUT2D eigenvalue weighted by atomic mass is 32.2. The molecule has 0 atom stereocenters. The van der Waals surface area contributed by atoms with Crippen LogP contribution in [0.2, 0.25) is 0 Å². The van der Waals surface area contributed by atoms with E-state index in [1.54, 1.807) is 6.07 Å². The molecule has 0 radical (unpaired) electrons. The summed E-state index contributed by atoms with van der Waals surface area (Å²) < 4.78 is 36.0. The Morgan fingerprint density at radius 3 is 2.58 bits per heavy atom. The van der Waals surface area contributed by atoms with E-state index in [1.165, 1.54) is 6.20 Å². The summed E-state index contributed by atoms with van der Waals surface area (Å²) in [7, 11) is -3.35. The van der Waals surface area contributed by atoms with Crippen LogP contribution >= 0.6 is 0 Å². The molecule has 1 aliphatic rings. The lowest BCUT2D eigenvalue weighted by Crippen LogP contribution is -2.13. The van der Waals surface area contributed by atoms with Crippen molar-refractivity contribution in [2.24, 2.45) is 0 Å². The maximum atomic E-state index is 11.2. The van der Waals surface area contributed by atoms with E-state index in [4.69, 9.17) is 9.47 Å². The van der Waals surface area contributed by atoms with Crippen LogP contribution in [-0.2, 0) is 10.0 Å². The molecule has 6 nitrogen and oxygen atoms in total. The molecule has 0 bridgehead atoms. The van der Waals surface area contributed by atoms with Crippen LogP contribution in [0.15, 0.2) is 12.3 Å². The Labute approximate surface area is 113 Å². The van der Waals surface area contributed by atoms with Crippen molar-refractivity contribution < 1.29 is 17.9 Å². The zero-order valence-corrected chi connectivity index (χ0v) is 12.0. The van der Waals surface area contributed by atoms with Gasteiger partial charge in [0.2, 0.25) is 10.0 Å². The number of nitrogens with zero attached hydrogens (tertiary/aromatic N) is 1. The van der Waals surface area contributed by atoms with Gasteiger partial charge in [0.1, 0.15) is 5.82 Å². The van der Waals surface area contributed by atoms with Crippen molar-refractivity contribution in [2.45, 2.75) is 38.9 Å². The summed E-state index contributed by atoms with van der Waals surface area (Å²) in [4.78, 5) is 4.02. The minimum atomic E-state index is -3.35. The molecule has 1 aliphatic carbocycles. The molecule has 1 heterocycles. The van der Waals surface area contributed by atoms with Gasteiger partial charge >= 0.3 is 0 Å². The number of aromatic nitrogens is 1. The summed E-state index contributed by atoms with van der Waals surface area (Å²) in [5.74, 6) is 1.28. The van der Waals surface area contributed by atoms with Crippen LogP contribution < -0.4 is 14.2 Å². The first kappa shape index (κ1) is 13.9. The maximum absolute atomic E-state index is 11.2. The van der Waals surface area contributed by atoms with Gasteiger partial charge in [-0.2, -0.15) is 0 Å². The maximum Gasteiger partial charge on any atom is 0.230 e. The van der Waals surface area contributed by atoms with Crippen molar-refractivity contribution in [3.05, 3.63) is 12.3 Å².